The first-order chi connectivity index (χ1) is 8.77. The molecule has 5 nitrogen and oxygen atoms in total. The standard InChI is InChI=1S/C14H15N3O2/c1-13(2,3)14(4)12(19)17-10(16-14)9-8(11(17)18)6-5-7-15-9/h5-7H,1-4H3. The molecule has 5 heteroatoms. The van der Waals surface area contributed by atoms with Crippen molar-refractivity contribution in [3.8, 4) is 0 Å². The molecular formula is C14H15N3O2. The van der Waals surface area contributed by atoms with Crippen molar-refractivity contribution in [3.63, 3.8) is 0 Å². The lowest BCUT2D eigenvalue weighted by Gasteiger charge is -2.34. The van der Waals surface area contributed by atoms with Crippen LogP contribution in [0.25, 0.3) is 0 Å². The topological polar surface area (TPSA) is 62.6 Å². The van der Waals surface area contributed by atoms with Crippen LogP contribution in [-0.4, -0.2) is 33.1 Å². The van der Waals surface area contributed by atoms with Crippen LogP contribution >= 0.6 is 0 Å². The third-order valence-corrected chi connectivity index (χ3v) is 4.07. The Bertz CT molecular complexity index is 642. The minimum atomic E-state index is -0.923. The fourth-order valence-electron chi connectivity index (χ4n) is 2.34. The zero-order valence-electron chi connectivity index (χ0n) is 11.4. The van der Waals surface area contributed by atoms with Crippen LogP contribution in [0.5, 0.6) is 0 Å². The molecule has 2 aliphatic rings. The van der Waals surface area contributed by atoms with E-state index in [1.54, 1.807) is 25.3 Å². The second kappa shape index (κ2) is 3.29. The Kier molecular flexibility index (Phi) is 2.08. The van der Waals surface area contributed by atoms with Crippen LogP contribution in [0.15, 0.2) is 23.3 Å². The van der Waals surface area contributed by atoms with Crippen molar-refractivity contribution < 1.29 is 9.59 Å². The maximum Gasteiger partial charge on any atom is 0.268 e. The summed E-state index contributed by atoms with van der Waals surface area (Å²) in [7, 11) is 0. The van der Waals surface area contributed by atoms with Crippen LogP contribution in [0.4, 0.5) is 0 Å². The minimum absolute atomic E-state index is 0.266. The zero-order valence-corrected chi connectivity index (χ0v) is 11.4. The summed E-state index contributed by atoms with van der Waals surface area (Å²) in [5, 5.41) is 0. The number of amides is 2. The molecule has 1 aromatic heterocycles. The number of imide groups is 1. The van der Waals surface area contributed by atoms with E-state index >= 15 is 0 Å². The van der Waals surface area contributed by atoms with Gasteiger partial charge in [-0.05, 0) is 24.5 Å². The first-order valence-corrected chi connectivity index (χ1v) is 6.21. The molecule has 0 saturated carbocycles. The Morgan fingerprint density at radius 3 is 2.58 bits per heavy atom. The summed E-state index contributed by atoms with van der Waals surface area (Å²) in [5.74, 6) is -0.194. The molecule has 0 aromatic carbocycles. The lowest BCUT2D eigenvalue weighted by Crippen LogP contribution is -2.49. The highest BCUT2D eigenvalue weighted by Crippen LogP contribution is 2.42. The Morgan fingerprint density at radius 2 is 1.95 bits per heavy atom. The molecule has 0 radical (unpaired) electrons. The lowest BCUT2D eigenvalue weighted by molar-refractivity contribution is -0.132. The summed E-state index contributed by atoms with van der Waals surface area (Å²) in [6.07, 6.45) is 1.61. The predicted molar refractivity (Wildman–Crippen MR) is 69.8 cm³/mol. The maximum atomic E-state index is 12.6. The van der Waals surface area contributed by atoms with E-state index in [-0.39, 0.29) is 17.2 Å². The van der Waals surface area contributed by atoms with Crippen LogP contribution in [0.3, 0.4) is 0 Å². The van der Waals surface area contributed by atoms with Crippen LogP contribution < -0.4 is 0 Å². The molecule has 1 atom stereocenters. The number of hydrogen-bond donors (Lipinski definition) is 0. The number of amidine groups is 1. The van der Waals surface area contributed by atoms with Gasteiger partial charge in [0.15, 0.2) is 5.84 Å². The molecule has 19 heavy (non-hydrogen) atoms. The molecule has 0 aliphatic carbocycles. The van der Waals surface area contributed by atoms with Crippen LogP contribution in [-0.2, 0) is 4.79 Å². The SMILES string of the molecule is CC(C)(C)C1(C)N=C2c3ncccc3C(=O)N2C1=O. The molecule has 2 amide bonds. The fourth-order valence-corrected chi connectivity index (χ4v) is 2.34. The van der Waals surface area contributed by atoms with Crippen molar-refractivity contribution >= 4 is 17.6 Å². The molecular weight excluding hydrogens is 242 g/mol. The molecule has 0 spiro atoms. The van der Waals surface area contributed by atoms with Gasteiger partial charge in [-0.1, -0.05) is 20.8 Å². The van der Waals surface area contributed by atoms with Gasteiger partial charge in [0.2, 0.25) is 0 Å². The smallest absolute Gasteiger partial charge is 0.268 e. The predicted octanol–water partition coefficient (Wildman–Crippen LogP) is 1.63. The van der Waals surface area contributed by atoms with Gasteiger partial charge in [-0.2, -0.15) is 0 Å². The second-order valence-electron chi connectivity index (χ2n) is 6.10. The number of nitrogens with zero attached hydrogens (tertiary/aromatic N) is 3. The third-order valence-electron chi connectivity index (χ3n) is 4.07. The van der Waals surface area contributed by atoms with Gasteiger partial charge in [0, 0.05) is 6.20 Å². The monoisotopic (exact) mass is 257 g/mol. The van der Waals surface area contributed by atoms with Crippen LogP contribution in [0.2, 0.25) is 0 Å². The normalized spacial score (nSPS) is 25.5. The van der Waals surface area contributed by atoms with Gasteiger partial charge in [-0.3, -0.25) is 14.6 Å². The summed E-state index contributed by atoms with van der Waals surface area (Å²) in [6, 6.07) is 3.36. The number of fused-ring (bicyclic) bond motifs is 3. The van der Waals surface area contributed by atoms with Gasteiger partial charge in [0.1, 0.15) is 11.2 Å². The molecule has 1 aromatic rings. The van der Waals surface area contributed by atoms with E-state index in [1.165, 1.54) is 4.90 Å². The highest BCUT2D eigenvalue weighted by atomic mass is 16.2. The maximum absolute atomic E-state index is 12.6. The van der Waals surface area contributed by atoms with E-state index in [0.717, 1.165) is 0 Å². The fraction of sp³-hybridized carbons (Fsp3) is 0.429. The van der Waals surface area contributed by atoms with Gasteiger partial charge in [0.25, 0.3) is 11.8 Å². The Labute approximate surface area is 111 Å². The van der Waals surface area contributed by atoms with E-state index in [0.29, 0.717) is 17.1 Å². The summed E-state index contributed by atoms with van der Waals surface area (Å²) < 4.78 is 0. The first kappa shape index (κ1) is 12.0. The Morgan fingerprint density at radius 1 is 1.26 bits per heavy atom. The lowest BCUT2D eigenvalue weighted by atomic mass is 9.75. The van der Waals surface area contributed by atoms with Crippen molar-refractivity contribution in [2.75, 3.05) is 0 Å². The summed E-state index contributed by atoms with van der Waals surface area (Å²) in [4.78, 5) is 34.8. The van der Waals surface area contributed by atoms with Crippen LogP contribution in [0.1, 0.15) is 43.7 Å². The molecule has 3 heterocycles. The highest BCUT2D eigenvalue weighted by molar-refractivity contribution is 6.33. The van der Waals surface area contributed by atoms with E-state index in [1.807, 2.05) is 20.8 Å². The number of aromatic nitrogens is 1. The number of carbonyl (C=O) groups is 2. The molecule has 2 aliphatic heterocycles. The quantitative estimate of drug-likeness (QED) is 0.663. The van der Waals surface area contributed by atoms with Crippen LogP contribution in [0, 0.1) is 5.41 Å². The highest BCUT2D eigenvalue weighted by Gasteiger charge is 2.57. The van der Waals surface area contributed by atoms with E-state index in [2.05, 4.69) is 9.98 Å². The van der Waals surface area contributed by atoms with E-state index in [4.69, 9.17) is 0 Å². The van der Waals surface area contributed by atoms with Crippen molar-refractivity contribution in [3.05, 3.63) is 29.6 Å². The Hall–Kier alpha value is -2.04. The molecule has 98 valence electrons. The van der Waals surface area contributed by atoms with Gasteiger partial charge in [0.05, 0.1) is 5.56 Å². The summed E-state index contributed by atoms with van der Waals surface area (Å²) in [5.41, 5.74) is -0.330. The van der Waals surface area contributed by atoms with Gasteiger partial charge in [-0.25, -0.2) is 9.89 Å². The molecule has 0 bridgehead atoms. The van der Waals surface area contributed by atoms with Crippen molar-refractivity contribution in [1.82, 2.24) is 9.88 Å². The molecule has 0 N–H and O–H groups in total. The first-order valence-electron chi connectivity index (χ1n) is 6.21. The third kappa shape index (κ3) is 1.30. The van der Waals surface area contributed by atoms with Gasteiger partial charge < -0.3 is 0 Å². The average Bonchev–Trinajstić information content (AvgIpc) is 2.76. The number of aliphatic imine (C=N–C) groups is 1. The number of carbonyl (C=O) groups excluding carboxylic acids is 2. The molecule has 3 rings (SSSR count). The van der Waals surface area contributed by atoms with Crippen molar-refractivity contribution in [1.29, 1.82) is 0 Å². The molecule has 1 unspecified atom stereocenters. The second-order valence-corrected chi connectivity index (χ2v) is 6.10. The zero-order chi connectivity index (χ0) is 14.0. The van der Waals surface area contributed by atoms with Crippen molar-refractivity contribution in [2.24, 2.45) is 10.4 Å². The molecule has 0 fully saturated rings. The molecule has 0 saturated heterocycles. The van der Waals surface area contributed by atoms with E-state index in [9.17, 15) is 9.59 Å². The average molecular weight is 257 g/mol. The van der Waals surface area contributed by atoms with Gasteiger partial charge in [-0.15, -0.1) is 0 Å². The Balaban J connectivity index is 2.23. The minimum Gasteiger partial charge on any atom is -0.271 e. The van der Waals surface area contributed by atoms with E-state index < -0.39 is 5.54 Å². The summed E-state index contributed by atoms with van der Waals surface area (Å²) in [6.45, 7) is 7.61. The summed E-state index contributed by atoms with van der Waals surface area (Å²) >= 11 is 0. The number of hydrogen-bond acceptors (Lipinski definition) is 4. The number of rotatable bonds is 0. The largest absolute Gasteiger partial charge is 0.271 e. The van der Waals surface area contributed by atoms with Crippen molar-refractivity contribution in [2.45, 2.75) is 33.2 Å². The van der Waals surface area contributed by atoms with Gasteiger partial charge >= 0.3 is 0 Å². The number of pyridine rings is 1.